The molecule has 1 amide bonds. The Bertz CT molecular complexity index is 825. The van der Waals surface area contributed by atoms with Crippen molar-refractivity contribution in [2.24, 2.45) is 0 Å². The third-order valence-corrected chi connectivity index (χ3v) is 4.44. The van der Waals surface area contributed by atoms with E-state index in [9.17, 15) is 4.79 Å². The Kier molecular flexibility index (Phi) is 5.35. The van der Waals surface area contributed by atoms with Crippen molar-refractivity contribution in [1.82, 2.24) is 10.3 Å². The fourth-order valence-electron chi connectivity index (χ4n) is 2.20. The third kappa shape index (κ3) is 4.19. The normalized spacial score (nSPS) is 10.5. The van der Waals surface area contributed by atoms with Gasteiger partial charge in [-0.1, -0.05) is 0 Å². The van der Waals surface area contributed by atoms with Gasteiger partial charge in [-0.3, -0.25) is 4.79 Å². The van der Waals surface area contributed by atoms with E-state index in [1.54, 1.807) is 19.4 Å². The van der Waals surface area contributed by atoms with Gasteiger partial charge in [-0.2, -0.15) is 0 Å². The largest absolute Gasteiger partial charge is 0.497 e. The highest BCUT2D eigenvalue weighted by atomic mass is 32.1. The second-order valence-corrected chi connectivity index (χ2v) is 6.38. The zero-order chi connectivity index (χ0) is 17.6. The highest BCUT2D eigenvalue weighted by molar-refractivity contribution is 7.15. The molecule has 0 radical (unpaired) electrons. The molecule has 6 nitrogen and oxygen atoms in total. The lowest BCUT2D eigenvalue weighted by atomic mass is 10.3. The molecule has 0 saturated carbocycles. The van der Waals surface area contributed by atoms with Gasteiger partial charge in [-0.05, 0) is 43.3 Å². The molecule has 0 unspecified atom stereocenters. The van der Waals surface area contributed by atoms with E-state index in [-0.39, 0.29) is 5.91 Å². The highest BCUT2D eigenvalue weighted by Crippen LogP contribution is 2.27. The predicted octanol–water partition coefficient (Wildman–Crippen LogP) is 3.53. The number of nitrogens with zero attached hydrogens (tertiary/aromatic N) is 1. The fraction of sp³-hybridized carbons (Fsp3) is 0.222. The van der Waals surface area contributed by atoms with E-state index in [0.717, 1.165) is 16.4 Å². The maximum Gasteiger partial charge on any atom is 0.271 e. The minimum Gasteiger partial charge on any atom is -0.497 e. The number of aryl methyl sites for hydroxylation is 1. The summed E-state index contributed by atoms with van der Waals surface area (Å²) in [5.74, 6) is 1.94. The van der Waals surface area contributed by atoms with Gasteiger partial charge in [0.2, 0.25) is 0 Å². The van der Waals surface area contributed by atoms with E-state index >= 15 is 0 Å². The van der Waals surface area contributed by atoms with Crippen molar-refractivity contribution in [3.8, 4) is 22.3 Å². The van der Waals surface area contributed by atoms with Crippen LogP contribution in [0.3, 0.4) is 0 Å². The standard InChI is InChI=1S/C18H18N2O4S/c1-12-16(20-18(25-12)15-4-3-10-24-15)17(21)19-9-11-23-14-7-5-13(22-2)6-8-14/h3-8,10H,9,11H2,1-2H3,(H,19,21). The molecule has 2 aromatic heterocycles. The zero-order valence-corrected chi connectivity index (χ0v) is 14.8. The summed E-state index contributed by atoms with van der Waals surface area (Å²) < 4.78 is 16.0. The van der Waals surface area contributed by atoms with Crippen molar-refractivity contribution in [1.29, 1.82) is 0 Å². The maximum absolute atomic E-state index is 12.3. The number of aromatic nitrogens is 1. The van der Waals surface area contributed by atoms with Crippen molar-refractivity contribution in [2.45, 2.75) is 6.92 Å². The summed E-state index contributed by atoms with van der Waals surface area (Å²) in [6.45, 7) is 2.62. The van der Waals surface area contributed by atoms with Crippen molar-refractivity contribution < 1.29 is 18.7 Å². The molecule has 0 saturated heterocycles. The van der Waals surface area contributed by atoms with E-state index < -0.39 is 0 Å². The van der Waals surface area contributed by atoms with Crippen LogP contribution in [0.15, 0.2) is 47.1 Å². The first-order chi connectivity index (χ1) is 12.2. The summed E-state index contributed by atoms with van der Waals surface area (Å²) in [4.78, 5) is 17.5. The molecular weight excluding hydrogens is 340 g/mol. The van der Waals surface area contributed by atoms with Crippen LogP contribution in [-0.4, -0.2) is 31.2 Å². The Morgan fingerprint density at radius 1 is 1.24 bits per heavy atom. The molecule has 3 aromatic rings. The lowest BCUT2D eigenvalue weighted by molar-refractivity contribution is 0.0942. The van der Waals surface area contributed by atoms with Gasteiger partial charge in [0.15, 0.2) is 10.8 Å². The molecule has 3 rings (SSSR count). The number of thiazole rings is 1. The molecular formula is C18H18N2O4S. The molecule has 25 heavy (non-hydrogen) atoms. The number of benzene rings is 1. The summed E-state index contributed by atoms with van der Waals surface area (Å²) in [7, 11) is 1.61. The summed E-state index contributed by atoms with van der Waals surface area (Å²) in [5.41, 5.74) is 0.417. The van der Waals surface area contributed by atoms with Crippen LogP contribution >= 0.6 is 11.3 Å². The monoisotopic (exact) mass is 358 g/mol. The maximum atomic E-state index is 12.3. The fourth-order valence-corrected chi connectivity index (χ4v) is 3.08. The van der Waals surface area contributed by atoms with Crippen molar-refractivity contribution in [3.63, 3.8) is 0 Å². The van der Waals surface area contributed by atoms with Crippen LogP contribution in [-0.2, 0) is 0 Å². The molecule has 0 aliphatic heterocycles. The highest BCUT2D eigenvalue weighted by Gasteiger charge is 2.17. The summed E-state index contributed by atoms with van der Waals surface area (Å²) >= 11 is 1.43. The Hall–Kier alpha value is -2.80. The number of rotatable bonds is 7. The van der Waals surface area contributed by atoms with Gasteiger partial charge in [0, 0.05) is 4.88 Å². The van der Waals surface area contributed by atoms with E-state index in [0.29, 0.717) is 29.6 Å². The third-order valence-electron chi connectivity index (χ3n) is 3.46. The van der Waals surface area contributed by atoms with Crippen molar-refractivity contribution in [3.05, 3.63) is 53.2 Å². The summed E-state index contributed by atoms with van der Waals surface area (Å²) in [5, 5.41) is 3.51. The summed E-state index contributed by atoms with van der Waals surface area (Å²) in [6.07, 6.45) is 1.59. The first kappa shape index (κ1) is 17.0. The number of furan rings is 1. The van der Waals surface area contributed by atoms with Gasteiger partial charge in [0.25, 0.3) is 5.91 Å². The summed E-state index contributed by atoms with van der Waals surface area (Å²) in [6, 6.07) is 10.9. The Morgan fingerprint density at radius 3 is 2.68 bits per heavy atom. The number of carbonyl (C=O) groups excluding carboxylic acids is 1. The van der Waals surface area contributed by atoms with Gasteiger partial charge >= 0.3 is 0 Å². The average molecular weight is 358 g/mol. The number of methoxy groups -OCH3 is 1. The number of amides is 1. The quantitative estimate of drug-likeness (QED) is 0.654. The van der Waals surface area contributed by atoms with Crippen molar-refractivity contribution in [2.75, 3.05) is 20.3 Å². The lowest BCUT2D eigenvalue weighted by Crippen LogP contribution is -2.28. The van der Waals surface area contributed by atoms with Crippen LogP contribution < -0.4 is 14.8 Å². The van der Waals surface area contributed by atoms with Crippen LogP contribution in [0.4, 0.5) is 0 Å². The molecule has 0 fully saturated rings. The zero-order valence-electron chi connectivity index (χ0n) is 13.9. The molecule has 1 N–H and O–H groups in total. The Balaban J connectivity index is 1.51. The molecule has 130 valence electrons. The first-order valence-corrected chi connectivity index (χ1v) is 8.55. The minimum atomic E-state index is -0.218. The average Bonchev–Trinajstić information content (AvgIpc) is 3.28. The smallest absolute Gasteiger partial charge is 0.271 e. The number of hydrogen-bond acceptors (Lipinski definition) is 6. The Labute approximate surface area is 149 Å². The van der Waals surface area contributed by atoms with Crippen LogP contribution in [0.5, 0.6) is 11.5 Å². The van der Waals surface area contributed by atoms with Gasteiger partial charge < -0.3 is 19.2 Å². The van der Waals surface area contributed by atoms with E-state index in [1.165, 1.54) is 11.3 Å². The van der Waals surface area contributed by atoms with Crippen molar-refractivity contribution >= 4 is 17.2 Å². The van der Waals surface area contributed by atoms with Gasteiger partial charge in [0.1, 0.15) is 23.8 Å². The van der Waals surface area contributed by atoms with Crippen LogP contribution in [0.1, 0.15) is 15.4 Å². The minimum absolute atomic E-state index is 0.218. The van der Waals surface area contributed by atoms with E-state index in [2.05, 4.69) is 10.3 Å². The second kappa shape index (κ2) is 7.85. The lowest BCUT2D eigenvalue weighted by Gasteiger charge is -2.08. The van der Waals surface area contributed by atoms with Crippen LogP contribution in [0, 0.1) is 6.92 Å². The van der Waals surface area contributed by atoms with Crippen LogP contribution in [0.25, 0.3) is 10.8 Å². The van der Waals surface area contributed by atoms with Gasteiger partial charge in [-0.25, -0.2) is 4.98 Å². The molecule has 0 bridgehead atoms. The van der Waals surface area contributed by atoms with E-state index in [4.69, 9.17) is 13.9 Å². The molecule has 2 heterocycles. The number of nitrogens with one attached hydrogen (secondary N) is 1. The second-order valence-electron chi connectivity index (χ2n) is 5.18. The Morgan fingerprint density at radius 2 is 2.00 bits per heavy atom. The number of ether oxygens (including phenoxy) is 2. The van der Waals surface area contributed by atoms with Gasteiger partial charge in [-0.15, -0.1) is 11.3 Å². The molecule has 0 atom stereocenters. The number of hydrogen-bond donors (Lipinski definition) is 1. The molecule has 0 aliphatic carbocycles. The predicted molar refractivity (Wildman–Crippen MR) is 95.4 cm³/mol. The van der Waals surface area contributed by atoms with Crippen LogP contribution in [0.2, 0.25) is 0 Å². The molecule has 0 aliphatic rings. The number of carbonyl (C=O) groups is 1. The molecule has 7 heteroatoms. The molecule has 0 spiro atoms. The van der Waals surface area contributed by atoms with E-state index in [1.807, 2.05) is 37.3 Å². The SMILES string of the molecule is COc1ccc(OCCNC(=O)c2nc(-c3ccco3)sc2C)cc1. The van der Waals surface area contributed by atoms with Gasteiger partial charge in [0.05, 0.1) is 19.9 Å². The topological polar surface area (TPSA) is 73.6 Å². The molecule has 1 aromatic carbocycles. The first-order valence-electron chi connectivity index (χ1n) is 7.73.